The zero-order valence-corrected chi connectivity index (χ0v) is 9.46. The van der Waals surface area contributed by atoms with E-state index in [1.54, 1.807) is 18.4 Å². The summed E-state index contributed by atoms with van der Waals surface area (Å²) in [5.74, 6) is 0. The molecule has 1 aromatic heterocycles. The first kappa shape index (κ1) is 10.3. The van der Waals surface area contributed by atoms with Crippen LogP contribution < -0.4 is 0 Å². The maximum Gasteiger partial charge on any atom is 0.123 e. The van der Waals surface area contributed by atoms with Crippen molar-refractivity contribution in [2.45, 2.75) is 12.5 Å². The van der Waals surface area contributed by atoms with Crippen molar-refractivity contribution in [3.63, 3.8) is 0 Å². The van der Waals surface area contributed by atoms with E-state index in [0.717, 1.165) is 17.0 Å². The molecule has 3 heteroatoms. The molecule has 0 N–H and O–H groups in total. The fourth-order valence-corrected chi connectivity index (χ4v) is 2.32. The lowest BCUT2D eigenvalue weighted by Gasteiger charge is -2.17. The van der Waals surface area contributed by atoms with Crippen molar-refractivity contribution >= 4 is 16.9 Å². The van der Waals surface area contributed by atoms with Gasteiger partial charge in [-0.15, -0.1) is 11.3 Å². The van der Waals surface area contributed by atoms with E-state index in [9.17, 15) is 0 Å². The van der Waals surface area contributed by atoms with Gasteiger partial charge in [0.1, 0.15) is 5.01 Å². The second kappa shape index (κ2) is 4.55. The molecule has 1 unspecified atom stereocenters. The normalized spacial score (nSPS) is 20.7. The molecule has 0 saturated carbocycles. The topological polar surface area (TPSA) is 22.1 Å². The maximum absolute atomic E-state index is 5.30. The van der Waals surface area contributed by atoms with E-state index < -0.39 is 0 Å². The van der Waals surface area contributed by atoms with Gasteiger partial charge < -0.3 is 4.74 Å². The molecule has 0 amide bonds. The second-order valence-electron chi connectivity index (χ2n) is 3.29. The number of thiazole rings is 1. The fraction of sp³-hybridized carbons (Fsp3) is 0.250. The van der Waals surface area contributed by atoms with Crippen LogP contribution in [0.4, 0.5) is 0 Å². The molecule has 1 heterocycles. The largest absolute Gasteiger partial charge is 0.377 e. The molecule has 0 aliphatic heterocycles. The van der Waals surface area contributed by atoms with Gasteiger partial charge in [-0.05, 0) is 18.1 Å². The van der Waals surface area contributed by atoms with Crippen molar-refractivity contribution in [2.24, 2.45) is 0 Å². The molecule has 1 aromatic rings. The lowest BCUT2D eigenvalue weighted by atomic mass is 9.96. The Morgan fingerprint density at radius 3 is 3.13 bits per heavy atom. The van der Waals surface area contributed by atoms with Crippen molar-refractivity contribution in [1.29, 1.82) is 0 Å². The third kappa shape index (κ3) is 2.08. The summed E-state index contributed by atoms with van der Waals surface area (Å²) in [4.78, 5) is 4.31. The van der Waals surface area contributed by atoms with E-state index in [0.29, 0.717) is 0 Å². The average Bonchev–Trinajstić information content (AvgIpc) is 2.81. The molecular formula is C12H13NOS. The highest BCUT2D eigenvalue weighted by Crippen LogP contribution is 2.30. The molecule has 15 heavy (non-hydrogen) atoms. The molecule has 0 bridgehead atoms. The van der Waals surface area contributed by atoms with Crippen LogP contribution in [0.15, 0.2) is 42.0 Å². The third-order valence-corrected chi connectivity index (χ3v) is 3.22. The minimum Gasteiger partial charge on any atom is -0.377 e. The Morgan fingerprint density at radius 1 is 1.67 bits per heavy atom. The van der Waals surface area contributed by atoms with Crippen LogP contribution in [0.3, 0.4) is 0 Å². The van der Waals surface area contributed by atoms with Gasteiger partial charge >= 0.3 is 0 Å². The van der Waals surface area contributed by atoms with Crippen molar-refractivity contribution < 1.29 is 4.74 Å². The van der Waals surface area contributed by atoms with Crippen LogP contribution in [0.5, 0.6) is 0 Å². The number of hydrogen-bond acceptors (Lipinski definition) is 3. The summed E-state index contributed by atoms with van der Waals surface area (Å²) in [6, 6.07) is 0. The molecular weight excluding hydrogens is 206 g/mol. The van der Waals surface area contributed by atoms with Gasteiger partial charge in [-0.3, -0.25) is 0 Å². The number of rotatable bonds is 3. The first-order valence-corrected chi connectivity index (χ1v) is 5.70. The third-order valence-electron chi connectivity index (χ3n) is 2.42. The molecule has 1 aliphatic rings. The lowest BCUT2D eigenvalue weighted by Crippen LogP contribution is -2.10. The van der Waals surface area contributed by atoms with Crippen LogP contribution in [0.2, 0.25) is 0 Å². The van der Waals surface area contributed by atoms with E-state index in [4.69, 9.17) is 4.74 Å². The van der Waals surface area contributed by atoms with Gasteiger partial charge in [-0.2, -0.15) is 0 Å². The predicted molar refractivity (Wildman–Crippen MR) is 63.8 cm³/mol. The van der Waals surface area contributed by atoms with Gasteiger partial charge in [0, 0.05) is 24.3 Å². The van der Waals surface area contributed by atoms with Gasteiger partial charge in [0.2, 0.25) is 0 Å². The monoisotopic (exact) mass is 219 g/mol. The van der Waals surface area contributed by atoms with Crippen LogP contribution in [-0.4, -0.2) is 18.2 Å². The number of ether oxygens (including phenoxy) is 1. The first-order chi connectivity index (χ1) is 7.35. The van der Waals surface area contributed by atoms with E-state index in [1.807, 2.05) is 17.7 Å². The molecule has 1 atom stereocenters. The van der Waals surface area contributed by atoms with Gasteiger partial charge in [-0.25, -0.2) is 4.98 Å². The molecule has 0 spiro atoms. The van der Waals surface area contributed by atoms with Crippen LogP contribution in [0.25, 0.3) is 5.57 Å². The van der Waals surface area contributed by atoms with Crippen molar-refractivity contribution in [1.82, 2.24) is 4.98 Å². The zero-order valence-electron chi connectivity index (χ0n) is 8.64. The Morgan fingerprint density at radius 2 is 2.53 bits per heavy atom. The average molecular weight is 219 g/mol. The number of hydrogen-bond donors (Lipinski definition) is 0. The first-order valence-electron chi connectivity index (χ1n) is 4.82. The molecule has 0 radical (unpaired) electrons. The summed E-state index contributed by atoms with van der Waals surface area (Å²) in [7, 11) is 1.73. The summed E-state index contributed by atoms with van der Waals surface area (Å²) in [5.41, 5.74) is 2.29. The standard InChI is InChI=1S/C12H13NOS/c1-3-9-8-10(14-2)4-5-11(9)12-13-6-7-15-12/h3,5-8,10H,1,4H2,2H3. The Kier molecular flexibility index (Phi) is 3.14. The van der Waals surface area contributed by atoms with Gasteiger partial charge in [-0.1, -0.05) is 18.7 Å². The predicted octanol–water partition coefficient (Wildman–Crippen LogP) is 3.06. The Balaban J connectivity index is 2.31. The Hall–Kier alpha value is -1.19. The minimum atomic E-state index is 0.168. The van der Waals surface area contributed by atoms with Gasteiger partial charge in [0.15, 0.2) is 0 Å². The Labute approximate surface area is 93.6 Å². The molecule has 0 aromatic carbocycles. The van der Waals surface area contributed by atoms with Crippen molar-refractivity contribution in [3.8, 4) is 0 Å². The van der Waals surface area contributed by atoms with E-state index in [2.05, 4.69) is 23.7 Å². The number of allylic oxidation sites excluding steroid dienone is 3. The highest BCUT2D eigenvalue weighted by Gasteiger charge is 2.15. The highest BCUT2D eigenvalue weighted by molar-refractivity contribution is 7.10. The summed E-state index contributed by atoms with van der Waals surface area (Å²) in [6.07, 6.45) is 9.03. The van der Waals surface area contributed by atoms with Crippen LogP contribution in [-0.2, 0) is 4.74 Å². The quantitative estimate of drug-likeness (QED) is 0.779. The van der Waals surface area contributed by atoms with Crippen LogP contribution >= 0.6 is 11.3 Å². The molecule has 0 saturated heterocycles. The molecule has 2 rings (SSSR count). The summed E-state index contributed by atoms with van der Waals surface area (Å²) in [5, 5.41) is 3.04. The summed E-state index contributed by atoms with van der Waals surface area (Å²) >= 11 is 1.65. The number of nitrogens with zero attached hydrogens (tertiary/aromatic N) is 1. The zero-order chi connectivity index (χ0) is 10.7. The minimum absolute atomic E-state index is 0.168. The molecule has 1 aliphatic carbocycles. The van der Waals surface area contributed by atoms with Gasteiger partial charge in [0.05, 0.1) is 6.10 Å². The van der Waals surface area contributed by atoms with E-state index >= 15 is 0 Å². The van der Waals surface area contributed by atoms with Gasteiger partial charge in [0.25, 0.3) is 0 Å². The summed E-state index contributed by atoms with van der Waals surface area (Å²) in [6.45, 7) is 3.83. The smallest absolute Gasteiger partial charge is 0.123 e. The van der Waals surface area contributed by atoms with Crippen LogP contribution in [0.1, 0.15) is 11.4 Å². The fourth-order valence-electron chi connectivity index (χ4n) is 1.62. The highest BCUT2D eigenvalue weighted by atomic mass is 32.1. The molecule has 0 fully saturated rings. The van der Waals surface area contributed by atoms with Crippen molar-refractivity contribution in [3.05, 3.63) is 47.0 Å². The van der Waals surface area contributed by atoms with Crippen LogP contribution in [0, 0.1) is 0 Å². The number of methoxy groups -OCH3 is 1. The maximum atomic E-state index is 5.30. The number of aromatic nitrogens is 1. The molecule has 2 nitrogen and oxygen atoms in total. The lowest BCUT2D eigenvalue weighted by molar-refractivity contribution is 0.142. The molecule has 78 valence electrons. The Bertz CT molecular complexity index is 403. The van der Waals surface area contributed by atoms with E-state index in [1.165, 1.54) is 5.57 Å². The SMILES string of the molecule is C=CC1=CC(OC)CC=C1c1nccs1. The van der Waals surface area contributed by atoms with E-state index in [-0.39, 0.29) is 6.10 Å². The summed E-state index contributed by atoms with van der Waals surface area (Å²) < 4.78 is 5.30. The second-order valence-corrected chi connectivity index (χ2v) is 4.19. The van der Waals surface area contributed by atoms with Crippen molar-refractivity contribution in [2.75, 3.05) is 7.11 Å².